The fourth-order valence-electron chi connectivity index (χ4n) is 1.98. The number of hydrogen-bond acceptors (Lipinski definition) is 4. The second-order valence-corrected chi connectivity index (χ2v) is 6.39. The molecule has 0 radical (unpaired) electrons. The third-order valence-electron chi connectivity index (χ3n) is 2.87. The Morgan fingerprint density at radius 1 is 1.21 bits per heavy atom. The molecule has 0 fully saturated rings. The zero-order valence-electron chi connectivity index (χ0n) is 14.8. The first-order chi connectivity index (χ1) is 11.1. The molecule has 0 atom stereocenters. The van der Waals surface area contributed by atoms with E-state index in [1.807, 2.05) is 20.8 Å². The number of nitrogens with zero attached hydrogens (tertiary/aromatic N) is 1. The van der Waals surface area contributed by atoms with Crippen molar-refractivity contribution in [2.75, 3.05) is 25.5 Å². The molecule has 0 saturated heterocycles. The van der Waals surface area contributed by atoms with Gasteiger partial charge in [0.05, 0.1) is 13.2 Å². The highest BCUT2D eigenvalue weighted by Gasteiger charge is 2.19. The van der Waals surface area contributed by atoms with Gasteiger partial charge in [-0.15, -0.1) is 0 Å². The molecular formula is C17H25N3O4. The number of anilines is 1. The molecule has 0 aliphatic carbocycles. The maximum atomic E-state index is 12.4. The predicted molar refractivity (Wildman–Crippen MR) is 91.9 cm³/mol. The summed E-state index contributed by atoms with van der Waals surface area (Å²) in [7, 11) is 1.55. The number of ether oxygens (including phenoxy) is 1. The topological polar surface area (TPSA) is 87.7 Å². The zero-order valence-corrected chi connectivity index (χ0v) is 14.8. The van der Waals surface area contributed by atoms with Crippen molar-refractivity contribution in [1.82, 2.24) is 10.2 Å². The molecule has 1 aromatic carbocycles. The lowest BCUT2D eigenvalue weighted by atomic mass is 10.1. The number of carbonyl (C=O) groups is 3. The minimum Gasteiger partial charge on any atom is -0.450 e. The third-order valence-corrected chi connectivity index (χ3v) is 2.87. The summed E-state index contributed by atoms with van der Waals surface area (Å²) in [6, 6.07) is 6.46. The van der Waals surface area contributed by atoms with Gasteiger partial charge in [0.2, 0.25) is 5.91 Å². The van der Waals surface area contributed by atoms with E-state index in [0.717, 1.165) is 0 Å². The molecule has 2 N–H and O–H groups in total. The highest BCUT2D eigenvalue weighted by molar-refractivity contribution is 5.98. The first-order valence-corrected chi connectivity index (χ1v) is 7.72. The summed E-state index contributed by atoms with van der Waals surface area (Å²) in [5, 5.41) is 5.34. The summed E-state index contributed by atoms with van der Waals surface area (Å²) in [4.78, 5) is 37.1. The van der Waals surface area contributed by atoms with Gasteiger partial charge in [0.25, 0.3) is 5.91 Å². The van der Waals surface area contributed by atoms with Crippen LogP contribution in [0.4, 0.5) is 10.5 Å². The van der Waals surface area contributed by atoms with E-state index in [4.69, 9.17) is 4.74 Å². The molecule has 1 rings (SSSR count). The van der Waals surface area contributed by atoms with Crippen LogP contribution in [0, 0.1) is 0 Å². The van der Waals surface area contributed by atoms with E-state index in [1.165, 1.54) is 11.0 Å². The van der Waals surface area contributed by atoms with Crippen molar-refractivity contribution >= 4 is 23.6 Å². The normalized spacial score (nSPS) is 10.7. The van der Waals surface area contributed by atoms with Crippen molar-refractivity contribution in [1.29, 1.82) is 0 Å². The molecule has 24 heavy (non-hydrogen) atoms. The third kappa shape index (κ3) is 6.68. The summed E-state index contributed by atoms with van der Waals surface area (Å²) in [5.41, 5.74) is 0.465. The van der Waals surface area contributed by atoms with Crippen LogP contribution in [0.2, 0.25) is 0 Å². The molecule has 0 aromatic heterocycles. The predicted octanol–water partition coefficient (Wildman–Crippen LogP) is 2.24. The highest BCUT2D eigenvalue weighted by Crippen LogP contribution is 2.13. The van der Waals surface area contributed by atoms with Crippen molar-refractivity contribution < 1.29 is 19.1 Å². The van der Waals surface area contributed by atoms with Crippen LogP contribution < -0.4 is 10.6 Å². The molecule has 7 heteroatoms. The zero-order chi connectivity index (χ0) is 18.3. The average Bonchev–Trinajstić information content (AvgIpc) is 2.44. The standard InChI is InChI=1S/C17H25N3O4/c1-6-24-16(23)18-13-9-7-8-12(10-13)15(22)20(5)11-14(21)19-17(2,3)4/h7-10H,6,11H2,1-5H3,(H,18,23)(H,19,21). The number of nitrogens with one attached hydrogen (secondary N) is 2. The Labute approximate surface area is 142 Å². The summed E-state index contributed by atoms with van der Waals surface area (Å²) in [6.07, 6.45) is -0.583. The SMILES string of the molecule is CCOC(=O)Nc1cccc(C(=O)N(C)CC(=O)NC(C)(C)C)c1. The lowest BCUT2D eigenvalue weighted by Crippen LogP contribution is -2.46. The molecule has 7 nitrogen and oxygen atoms in total. The number of carbonyl (C=O) groups excluding carboxylic acids is 3. The lowest BCUT2D eigenvalue weighted by molar-refractivity contribution is -0.122. The van der Waals surface area contributed by atoms with Gasteiger partial charge < -0.3 is 15.0 Å². The number of hydrogen-bond donors (Lipinski definition) is 2. The van der Waals surface area contributed by atoms with Crippen LogP contribution in [0.15, 0.2) is 24.3 Å². The highest BCUT2D eigenvalue weighted by atomic mass is 16.5. The quantitative estimate of drug-likeness (QED) is 0.864. The number of benzene rings is 1. The van der Waals surface area contributed by atoms with Gasteiger partial charge in [-0.1, -0.05) is 6.07 Å². The Bertz CT molecular complexity index is 608. The summed E-state index contributed by atoms with van der Waals surface area (Å²) >= 11 is 0. The molecule has 0 aliphatic heterocycles. The van der Waals surface area contributed by atoms with Gasteiger partial charge in [0, 0.05) is 23.8 Å². The van der Waals surface area contributed by atoms with E-state index in [0.29, 0.717) is 11.3 Å². The van der Waals surface area contributed by atoms with Crippen LogP contribution in [-0.2, 0) is 9.53 Å². The van der Waals surface area contributed by atoms with Crippen LogP contribution in [-0.4, -0.2) is 48.5 Å². The van der Waals surface area contributed by atoms with Crippen LogP contribution in [0.5, 0.6) is 0 Å². The van der Waals surface area contributed by atoms with E-state index in [-0.39, 0.29) is 30.5 Å². The number of rotatable bonds is 5. The first-order valence-electron chi connectivity index (χ1n) is 7.72. The van der Waals surface area contributed by atoms with Crippen LogP contribution >= 0.6 is 0 Å². The van der Waals surface area contributed by atoms with Gasteiger partial charge in [-0.05, 0) is 45.9 Å². The Morgan fingerprint density at radius 3 is 2.46 bits per heavy atom. The van der Waals surface area contributed by atoms with E-state index >= 15 is 0 Å². The fourth-order valence-corrected chi connectivity index (χ4v) is 1.98. The average molecular weight is 335 g/mol. The molecule has 1 aromatic rings. The molecule has 0 heterocycles. The molecule has 0 saturated carbocycles. The van der Waals surface area contributed by atoms with Crippen molar-refractivity contribution in [3.8, 4) is 0 Å². The molecule has 0 aliphatic rings. The second-order valence-electron chi connectivity index (χ2n) is 6.39. The minimum absolute atomic E-state index is 0.0500. The molecule has 0 spiro atoms. The Hall–Kier alpha value is -2.57. The fraction of sp³-hybridized carbons (Fsp3) is 0.471. The van der Waals surface area contributed by atoms with Crippen molar-refractivity contribution in [2.24, 2.45) is 0 Å². The van der Waals surface area contributed by atoms with E-state index in [2.05, 4.69) is 10.6 Å². The first kappa shape index (κ1) is 19.5. The monoisotopic (exact) mass is 335 g/mol. The Balaban J connectivity index is 2.73. The maximum Gasteiger partial charge on any atom is 0.411 e. The van der Waals surface area contributed by atoms with Gasteiger partial charge in [-0.25, -0.2) is 4.79 Å². The van der Waals surface area contributed by atoms with E-state index in [9.17, 15) is 14.4 Å². The van der Waals surface area contributed by atoms with Gasteiger partial charge in [0.15, 0.2) is 0 Å². The smallest absolute Gasteiger partial charge is 0.411 e. The maximum absolute atomic E-state index is 12.4. The summed E-state index contributed by atoms with van der Waals surface area (Å²) in [6.45, 7) is 7.53. The van der Waals surface area contributed by atoms with Crippen molar-refractivity contribution in [2.45, 2.75) is 33.2 Å². The van der Waals surface area contributed by atoms with Crippen LogP contribution in [0.3, 0.4) is 0 Å². The molecule has 132 valence electrons. The van der Waals surface area contributed by atoms with Crippen LogP contribution in [0.1, 0.15) is 38.1 Å². The van der Waals surface area contributed by atoms with Gasteiger partial charge in [0.1, 0.15) is 0 Å². The molecule has 0 unspecified atom stereocenters. The van der Waals surface area contributed by atoms with E-state index < -0.39 is 6.09 Å². The van der Waals surface area contributed by atoms with Gasteiger partial charge in [-0.2, -0.15) is 0 Å². The Morgan fingerprint density at radius 2 is 1.88 bits per heavy atom. The summed E-state index contributed by atoms with van der Waals surface area (Å²) < 4.78 is 4.79. The molecule has 3 amide bonds. The lowest BCUT2D eigenvalue weighted by Gasteiger charge is -2.23. The summed E-state index contributed by atoms with van der Waals surface area (Å²) in [5.74, 6) is -0.550. The molecular weight excluding hydrogens is 310 g/mol. The van der Waals surface area contributed by atoms with Gasteiger partial charge >= 0.3 is 6.09 Å². The Kier molecular flexibility index (Phi) is 6.76. The number of amides is 3. The number of likely N-dealkylation sites (N-methyl/N-ethyl adjacent to an activating group) is 1. The van der Waals surface area contributed by atoms with Crippen molar-refractivity contribution in [3.63, 3.8) is 0 Å². The largest absolute Gasteiger partial charge is 0.450 e. The van der Waals surface area contributed by atoms with Crippen molar-refractivity contribution in [3.05, 3.63) is 29.8 Å². The minimum atomic E-state index is -0.583. The van der Waals surface area contributed by atoms with E-state index in [1.54, 1.807) is 32.2 Å². The van der Waals surface area contributed by atoms with Gasteiger partial charge in [-0.3, -0.25) is 14.9 Å². The second kappa shape index (κ2) is 8.33. The molecule has 0 bridgehead atoms. The van der Waals surface area contributed by atoms with Crippen LogP contribution in [0.25, 0.3) is 0 Å².